The number of aryl methyl sites for hydroxylation is 2. The van der Waals surface area contributed by atoms with Crippen LogP contribution in [0.15, 0.2) is 29.3 Å². The lowest BCUT2D eigenvalue weighted by molar-refractivity contribution is 0.305. The first kappa shape index (κ1) is 15.6. The minimum atomic E-state index is -0.298. The molecular weight excluding hydrogens is 287 g/mol. The lowest BCUT2D eigenvalue weighted by atomic mass is 10.1. The second kappa shape index (κ2) is 7.30. The van der Waals surface area contributed by atoms with E-state index in [0.29, 0.717) is 17.7 Å². The molecule has 0 aliphatic carbocycles. The maximum atomic E-state index is 13.3. The summed E-state index contributed by atoms with van der Waals surface area (Å²) in [5, 5.41) is 14.1. The van der Waals surface area contributed by atoms with Crippen molar-refractivity contribution in [3.05, 3.63) is 46.9 Å². The number of nitrogens with zero attached hydrogens (tertiary/aromatic N) is 2. The lowest BCUT2D eigenvalue weighted by Crippen LogP contribution is -1.94. The summed E-state index contributed by atoms with van der Waals surface area (Å²) in [6.07, 6.45) is 0.393. The average molecular weight is 304 g/mol. The Balaban J connectivity index is 2.16. The smallest absolute Gasteiger partial charge is 0.124 e. The van der Waals surface area contributed by atoms with Crippen LogP contribution >= 0.6 is 11.8 Å². The molecule has 21 heavy (non-hydrogen) atoms. The van der Waals surface area contributed by atoms with Crippen molar-refractivity contribution in [3.63, 3.8) is 0 Å². The molecule has 1 heterocycles. The molecule has 0 spiro atoms. The Morgan fingerprint density at radius 3 is 2.86 bits per heavy atom. The van der Waals surface area contributed by atoms with E-state index in [-0.39, 0.29) is 12.4 Å². The van der Waals surface area contributed by atoms with Crippen LogP contribution in [0, 0.1) is 24.6 Å². The monoisotopic (exact) mass is 304 g/mol. The first-order valence-electron chi connectivity index (χ1n) is 6.61. The summed E-state index contributed by atoms with van der Waals surface area (Å²) in [5.41, 5.74) is 2.63. The molecule has 1 aromatic carbocycles. The maximum absolute atomic E-state index is 13.3. The highest BCUT2D eigenvalue weighted by molar-refractivity contribution is 7.98. The Labute approximate surface area is 128 Å². The van der Waals surface area contributed by atoms with Gasteiger partial charge in [0.15, 0.2) is 0 Å². The molecule has 0 bridgehead atoms. The number of rotatable bonds is 4. The largest absolute Gasteiger partial charge is 0.395 e. The fourth-order valence-electron chi connectivity index (χ4n) is 1.88. The highest BCUT2D eigenvalue weighted by Gasteiger charge is 2.06. The summed E-state index contributed by atoms with van der Waals surface area (Å²) in [5.74, 6) is 6.16. The Morgan fingerprint density at radius 2 is 2.19 bits per heavy atom. The standard InChI is InChI=1S/C16H17FN2OS/c1-12-9-16(19(2)18-12)21-11-14-6-7-15(17)10-13(14)5-3-4-8-20/h6-7,9-10,20H,4,8,11H2,1-2H3. The van der Waals surface area contributed by atoms with E-state index in [0.717, 1.165) is 16.3 Å². The summed E-state index contributed by atoms with van der Waals surface area (Å²) >= 11 is 1.64. The number of aromatic nitrogens is 2. The number of benzene rings is 1. The van der Waals surface area contributed by atoms with Crippen molar-refractivity contribution in [2.75, 3.05) is 6.61 Å². The molecule has 110 valence electrons. The Kier molecular flexibility index (Phi) is 5.43. The van der Waals surface area contributed by atoms with Crippen molar-refractivity contribution in [2.45, 2.75) is 24.1 Å². The highest BCUT2D eigenvalue weighted by atomic mass is 32.2. The first-order chi connectivity index (χ1) is 10.1. The van der Waals surface area contributed by atoms with Crippen LogP contribution in [-0.4, -0.2) is 21.5 Å². The first-order valence-corrected chi connectivity index (χ1v) is 7.60. The van der Waals surface area contributed by atoms with Gasteiger partial charge in [0.2, 0.25) is 0 Å². The van der Waals surface area contributed by atoms with Gasteiger partial charge in [-0.1, -0.05) is 17.9 Å². The third kappa shape index (κ3) is 4.35. The van der Waals surface area contributed by atoms with E-state index in [1.807, 2.05) is 24.7 Å². The van der Waals surface area contributed by atoms with Crippen LogP contribution in [0.25, 0.3) is 0 Å². The van der Waals surface area contributed by atoms with E-state index in [2.05, 4.69) is 16.9 Å². The van der Waals surface area contributed by atoms with Crippen molar-refractivity contribution < 1.29 is 9.50 Å². The number of aliphatic hydroxyl groups is 1. The summed E-state index contributed by atoms with van der Waals surface area (Å²) in [6, 6.07) is 6.66. The Morgan fingerprint density at radius 1 is 1.38 bits per heavy atom. The van der Waals surface area contributed by atoms with Crippen LogP contribution in [0.4, 0.5) is 4.39 Å². The van der Waals surface area contributed by atoms with Crippen LogP contribution in [-0.2, 0) is 12.8 Å². The molecule has 1 aromatic heterocycles. The Bertz CT molecular complexity index is 685. The zero-order valence-corrected chi connectivity index (χ0v) is 12.9. The number of aliphatic hydroxyl groups excluding tert-OH is 1. The minimum absolute atomic E-state index is 0.0146. The molecule has 0 amide bonds. The molecule has 0 unspecified atom stereocenters. The number of halogens is 1. The summed E-state index contributed by atoms with van der Waals surface area (Å²) in [7, 11) is 1.90. The molecule has 2 aromatic rings. The highest BCUT2D eigenvalue weighted by Crippen LogP contribution is 2.25. The Hall–Kier alpha value is -1.77. The van der Waals surface area contributed by atoms with Gasteiger partial charge in [-0.3, -0.25) is 4.68 Å². The lowest BCUT2D eigenvalue weighted by Gasteiger charge is -2.05. The second-order valence-electron chi connectivity index (χ2n) is 4.61. The second-order valence-corrected chi connectivity index (χ2v) is 5.61. The number of thioether (sulfide) groups is 1. The molecule has 0 aliphatic heterocycles. The topological polar surface area (TPSA) is 38.0 Å². The zero-order valence-electron chi connectivity index (χ0n) is 12.1. The van der Waals surface area contributed by atoms with Gasteiger partial charge in [-0.2, -0.15) is 5.10 Å². The molecule has 5 heteroatoms. The third-order valence-electron chi connectivity index (χ3n) is 2.87. The van der Waals surface area contributed by atoms with Gasteiger partial charge in [0.05, 0.1) is 17.3 Å². The zero-order chi connectivity index (χ0) is 15.2. The molecular formula is C16H17FN2OS. The summed E-state index contributed by atoms with van der Waals surface area (Å²) < 4.78 is 15.2. The van der Waals surface area contributed by atoms with Gasteiger partial charge in [0, 0.05) is 24.8 Å². The van der Waals surface area contributed by atoms with Gasteiger partial charge in [-0.15, -0.1) is 11.8 Å². The molecule has 0 aliphatic rings. The van der Waals surface area contributed by atoms with Gasteiger partial charge in [0.1, 0.15) is 5.82 Å². The van der Waals surface area contributed by atoms with E-state index in [9.17, 15) is 4.39 Å². The van der Waals surface area contributed by atoms with Gasteiger partial charge in [-0.05, 0) is 30.7 Å². The molecule has 0 atom stereocenters. The average Bonchev–Trinajstić information content (AvgIpc) is 2.76. The fraction of sp³-hybridized carbons (Fsp3) is 0.312. The van der Waals surface area contributed by atoms with E-state index < -0.39 is 0 Å². The van der Waals surface area contributed by atoms with Crippen molar-refractivity contribution in [2.24, 2.45) is 7.05 Å². The fourth-order valence-corrected chi connectivity index (χ4v) is 2.91. The number of hydrogen-bond donors (Lipinski definition) is 1. The van der Waals surface area contributed by atoms with E-state index in [1.54, 1.807) is 17.8 Å². The molecule has 0 saturated heterocycles. The minimum Gasteiger partial charge on any atom is -0.395 e. The molecule has 0 radical (unpaired) electrons. The van der Waals surface area contributed by atoms with Crippen molar-refractivity contribution in [1.29, 1.82) is 0 Å². The van der Waals surface area contributed by atoms with Crippen molar-refractivity contribution in [3.8, 4) is 11.8 Å². The number of hydrogen-bond acceptors (Lipinski definition) is 3. The quantitative estimate of drug-likeness (QED) is 0.697. The maximum Gasteiger partial charge on any atom is 0.124 e. The predicted molar refractivity (Wildman–Crippen MR) is 82.5 cm³/mol. The van der Waals surface area contributed by atoms with E-state index in [4.69, 9.17) is 5.11 Å². The van der Waals surface area contributed by atoms with Gasteiger partial charge < -0.3 is 5.11 Å². The van der Waals surface area contributed by atoms with Crippen LogP contribution in [0.1, 0.15) is 23.2 Å². The molecule has 1 N–H and O–H groups in total. The summed E-state index contributed by atoms with van der Waals surface area (Å²) in [4.78, 5) is 0. The van der Waals surface area contributed by atoms with Crippen LogP contribution in [0.2, 0.25) is 0 Å². The summed E-state index contributed by atoms with van der Waals surface area (Å²) in [6.45, 7) is 1.97. The molecule has 3 nitrogen and oxygen atoms in total. The van der Waals surface area contributed by atoms with E-state index >= 15 is 0 Å². The van der Waals surface area contributed by atoms with Gasteiger partial charge >= 0.3 is 0 Å². The molecule has 2 rings (SSSR count). The molecule has 0 saturated carbocycles. The molecule has 0 fully saturated rings. The van der Waals surface area contributed by atoms with Gasteiger partial charge in [-0.25, -0.2) is 4.39 Å². The van der Waals surface area contributed by atoms with Crippen LogP contribution in [0.3, 0.4) is 0 Å². The normalized spacial score (nSPS) is 10.3. The van der Waals surface area contributed by atoms with Crippen LogP contribution in [0.5, 0.6) is 0 Å². The SMILES string of the molecule is Cc1cc(SCc2ccc(F)cc2C#CCCO)n(C)n1. The van der Waals surface area contributed by atoms with Gasteiger partial charge in [0.25, 0.3) is 0 Å². The van der Waals surface area contributed by atoms with Crippen molar-refractivity contribution >= 4 is 11.8 Å². The predicted octanol–water partition coefficient (Wildman–Crippen LogP) is 2.89. The third-order valence-corrected chi connectivity index (χ3v) is 4.00. The van der Waals surface area contributed by atoms with Crippen LogP contribution < -0.4 is 0 Å². The van der Waals surface area contributed by atoms with E-state index in [1.165, 1.54) is 12.1 Å². The van der Waals surface area contributed by atoms with Crippen molar-refractivity contribution in [1.82, 2.24) is 9.78 Å².